The molecule has 0 radical (unpaired) electrons. The van der Waals surface area contributed by atoms with Crippen LogP contribution in [0.1, 0.15) is 38.3 Å². The first-order valence-electron chi connectivity index (χ1n) is 7.85. The molecule has 0 aliphatic carbocycles. The number of piperidine rings is 1. The van der Waals surface area contributed by atoms with Crippen molar-refractivity contribution < 1.29 is 4.74 Å². The van der Waals surface area contributed by atoms with Crippen LogP contribution in [0.3, 0.4) is 0 Å². The average Bonchev–Trinajstić information content (AvgIpc) is 2.50. The molecule has 0 amide bonds. The number of rotatable bonds is 5. The Morgan fingerprint density at radius 1 is 1.43 bits per heavy atom. The summed E-state index contributed by atoms with van der Waals surface area (Å²) in [7, 11) is 1.80. The molecule has 1 aliphatic heterocycles. The van der Waals surface area contributed by atoms with Gasteiger partial charge in [-0.05, 0) is 36.9 Å². The average molecular weight is 311 g/mol. The SMILES string of the molecule is CCC(N)C(c1ccccc1Cl)N1CCC(C)C(OC)C1. The second-order valence-corrected chi connectivity index (χ2v) is 6.48. The zero-order valence-corrected chi connectivity index (χ0v) is 14.0. The van der Waals surface area contributed by atoms with E-state index >= 15 is 0 Å². The summed E-state index contributed by atoms with van der Waals surface area (Å²) in [6, 6.07) is 8.30. The molecular weight excluding hydrogens is 284 g/mol. The first-order valence-corrected chi connectivity index (χ1v) is 8.23. The van der Waals surface area contributed by atoms with Crippen LogP contribution >= 0.6 is 11.6 Å². The van der Waals surface area contributed by atoms with Crippen LogP contribution in [0.25, 0.3) is 0 Å². The van der Waals surface area contributed by atoms with Gasteiger partial charge in [0.15, 0.2) is 0 Å². The van der Waals surface area contributed by atoms with E-state index in [1.807, 2.05) is 18.2 Å². The van der Waals surface area contributed by atoms with Crippen LogP contribution in [0, 0.1) is 5.92 Å². The van der Waals surface area contributed by atoms with E-state index in [2.05, 4.69) is 24.8 Å². The number of hydrogen-bond donors (Lipinski definition) is 1. The van der Waals surface area contributed by atoms with E-state index in [-0.39, 0.29) is 18.2 Å². The molecule has 2 rings (SSSR count). The van der Waals surface area contributed by atoms with E-state index in [4.69, 9.17) is 22.1 Å². The van der Waals surface area contributed by atoms with Gasteiger partial charge in [0.25, 0.3) is 0 Å². The van der Waals surface area contributed by atoms with Gasteiger partial charge in [0, 0.05) is 24.7 Å². The first kappa shape index (κ1) is 16.8. The van der Waals surface area contributed by atoms with Crippen LogP contribution in [0.15, 0.2) is 24.3 Å². The first-order chi connectivity index (χ1) is 10.1. The highest BCUT2D eigenvalue weighted by Gasteiger charge is 2.34. The monoisotopic (exact) mass is 310 g/mol. The number of benzene rings is 1. The lowest BCUT2D eigenvalue weighted by Gasteiger charge is -2.43. The van der Waals surface area contributed by atoms with Gasteiger partial charge < -0.3 is 10.5 Å². The number of halogens is 1. The summed E-state index contributed by atoms with van der Waals surface area (Å²) >= 11 is 6.42. The van der Waals surface area contributed by atoms with Gasteiger partial charge in [-0.1, -0.05) is 43.6 Å². The molecule has 4 heteroatoms. The van der Waals surface area contributed by atoms with Crippen molar-refractivity contribution in [3.63, 3.8) is 0 Å². The fourth-order valence-corrected chi connectivity index (χ4v) is 3.50. The van der Waals surface area contributed by atoms with Gasteiger partial charge >= 0.3 is 0 Å². The van der Waals surface area contributed by atoms with Crippen molar-refractivity contribution in [2.75, 3.05) is 20.2 Å². The van der Waals surface area contributed by atoms with Gasteiger partial charge in [-0.25, -0.2) is 0 Å². The summed E-state index contributed by atoms with van der Waals surface area (Å²) in [4.78, 5) is 2.45. The van der Waals surface area contributed by atoms with E-state index in [0.29, 0.717) is 5.92 Å². The minimum atomic E-state index is 0.0795. The van der Waals surface area contributed by atoms with Crippen LogP contribution < -0.4 is 5.73 Å². The fourth-order valence-electron chi connectivity index (χ4n) is 3.25. The van der Waals surface area contributed by atoms with Gasteiger partial charge in [-0.15, -0.1) is 0 Å². The number of nitrogens with two attached hydrogens (primary N) is 1. The molecule has 21 heavy (non-hydrogen) atoms. The Kier molecular flexibility index (Phi) is 6.06. The van der Waals surface area contributed by atoms with Crippen molar-refractivity contribution >= 4 is 11.6 Å². The van der Waals surface area contributed by atoms with E-state index in [0.717, 1.165) is 36.5 Å². The van der Waals surface area contributed by atoms with Crippen molar-refractivity contribution in [3.05, 3.63) is 34.9 Å². The Balaban J connectivity index is 2.27. The van der Waals surface area contributed by atoms with E-state index < -0.39 is 0 Å². The number of ether oxygens (including phenoxy) is 1. The van der Waals surface area contributed by atoms with Crippen LogP contribution in [-0.2, 0) is 4.74 Å². The van der Waals surface area contributed by atoms with E-state index in [9.17, 15) is 0 Å². The van der Waals surface area contributed by atoms with Gasteiger partial charge in [0.1, 0.15) is 0 Å². The highest BCUT2D eigenvalue weighted by atomic mass is 35.5. The fraction of sp³-hybridized carbons (Fsp3) is 0.647. The number of hydrogen-bond acceptors (Lipinski definition) is 3. The molecule has 1 aliphatic rings. The lowest BCUT2D eigenvalue weighted by atomic mass is 9.90. The molecule has 1 saturated heterocycles. The molecule has 1 aromatic rings. The quantitative estimate of drug-likeness (QED) is 0.905. The number of nitrogens with zero attached hydrogens (tertiary/aromatic N) is 1. The Hall–Kier alpha value is -0.610. The highest BCUT2D eigenvalue weighted by Crippen LogP contribution is 2.34. The van der Waals surface area contributed by atoms with Crippen molar-refractivity contribution in [2.45, 2.75) is 44.9 Å². The third kappa shape index (κ3) is 3.78. The summed E-state index contributed by atoms with van der Waals surface area (Å²) in [5, 5.41) is 0.805. The zero-order chi connectivity index (χ0) is 15.4. The summed E-state index contributed by atoms with van der Waals surface area (Å²) in [5.74, 6) is 0.594. The topological polar surface area (TPSA) is 38.5 Å². The molecule has 0 aromatic heterocycles. The van der Waals surface area contributed by atoms with Crippen molar-refractivity contribution in [1.82, 2.24) is 4.90 Å². The maximum atomic E-state index is 6.43. The van der Waals surface area contributed by atoms with Gasteiger partial charge in [0.2, 0.25) is 0 Å². The summed E-state index contributed by atoms with van der Waals surface area (Å²) < 4.78 is 5.65. The predicted molar refractivity (Wildman–Crippen MR) is 88.6 cm³/mol. The third-order valence-electron chi connectivity index (χ3n) is 4.72. The van der Waals surface area contributed by atoms with Crippen molar-refractivity contribution in [3.8, 4) is 0 Å². The number of likely N-dealkylation sites (tertiary alicyclic amines) is 1. The molecule has 4 unspecified atom stereocenters. The summed E-state index contributed by atoms with van der Waals surface area (Å²) in [5.41, 5.74) is 7.57. The van der Waals surface area contributed by atoms with E-state index in [1.54, 1.807) is 7.11 Å². The van der Waals surface area contributed by atoms with Crippen LogP contribution in [0.5, 0.6) is 0 Å². The molecule has 4 atom stereocenters. The Labute approximate surface area is 133 Å². The molecule has 0 bridgehead atoms. The summed E-state index contributed by atoms with van der Waals surface area (Å²) in [6.45, 7) is 6.36. The lowest BCUT2D eigenvalue weighted by molar-refractivity contribution is -0.0234. The maximum absolute atomic E-state index is 6.43. The minimum absolute atomic E-state index is 0.0795. The van der Waals surface area contributed by atoms with Gasteiger partial charge in [0.05, 0.1) is 12.1 Å². The largest absolute Gasteiger partial charge is 0.380 e. The van der Waals surface area contributed by atoms with Gasteiger partial charge in [-0.3, -0.25) is 4.90 Å². The van der Waals surface area contributed by atoms with Crippen LogP contribution in [-0.4, -0.2) is 37.2 Å². The lowest BCUT2D eigenvalue weighted by Crippen LogP contribution is -2.50. The molecule has 1 heterocycles. The van der Waals surface area contributed by atoms with Crippen molar-refractivity contribution in [2.24, 2.45) is 11.7 Å². The Morgan fingerprint density at radius 3 is 2.76 bits per heavy atom. The molecular formula is C17H27ClN2O. The van der Waals surface area contributed by atoms with Crippen LogP contribution in [0.4, 0.5) is 0 Å². The highest BCUT2D eigenvalue weighted by molar-refractivity contribution is 6.31. The molecule has 0 spiro atoms. The second-order valence-electron chi connectivity index (χ2n) is 6.07. The molecule has 118 valence electrons. The Morgan fingerprint density at radius 2 is 2.14 bits per heavy atom. The molecule has 2 N–H and O–H groups in total. The standard InChI is InChI=1S/C17H27ClN2O/c1-4-15(19)17(13-7-5-6-8-14(13)18)20-10-9-12(2)16(11-20)21-3/h5-8,12,15-17H,4,9-11,19H2,1-3H3. The van der Waals surface area contributed by atoms with E-state index in [1.165, 1.54) is 0 Å². The smallest absolute Gasteiger partial charge is 0.0724 e. The predicted octanol–water partition coefficient (Wildman–Crippen LogP) is 3.48. The van der Waals surface area contributed by atoms with Crippen LogP contribution in [0.2, 0.25) is 5.02 Å². The maximum Gasteiger partial charge on any atom is 0.0724 e. The minimum Gasteiger partial charge on any atom is -0.380 e. The molecule has 3 nitrogen and oxygen atoms in total. The Bertz CT molecular complexity index is 454. The number of methoxy groups -OCH3 is 1. The van der Waals surface area contributed by atoms with Crippen molar-refractivity contribution in [1.29, 1.82) is 0 Å². The second kappa shape index (κ2) is 7.59. The third-order valence-corrected chi connectivity index (χ3v) is 5.06. The molecule has 1 fully saturated rings. The molecule has 0 saturated carbocycles. The van der Waals surface area contributed by atoms with Gasteiger partial charge in [-0.2, -0.15) is 0 Å². The zero-order valence-electron chi connectivity index (χ0n) is 13.3. The molecule has 1 aromatic carbocycles. The normalized spacial score (nSPS) is 26.5. The summed E-state index contributed by atoms with van der Waals surface area (Å²) in [6.07, 6.45) is 2.34.